The molecule has 5 heteroatoms. The van der Waals surface area contributed by atoms with Crippen LogP contribution >= 0.6 is 0 Å². The summed E-state index contributed by atoms with van der Waals surface area (Å²) in [5, 5.41) is 3.47. The number of carbonyl (C=O) groups is 1. The molecule has 1 aliphatic carbocycles. The molecule has 1 aliphatic heterocycles. The molecule has 2 heterocycles. The molecule has 0 spiro atoms. The molecule has 1 aromatic heterocycles. The zero-order valence-corrected chi connectivity index (χ0v) is 11.3. The van der Waals surface area contributed by atoms with E-state index < -0.39 is 0 Å². The fourth-order valence-electron chi connectivity index (χ4n) is 2.21. The Hall–Kier alpha value is -1.62. The van der Waals surface area contributed by atoms with Gasteiger partial charge in [-0.15, -0.1) is 0 Å². The largest absolute Gasteiger partial charge is 0.346 e. The average molecular weight is 260 g/mol. The Morgan fingerprint density at radius 2 is 2.21 bits per heavy atom. The summed E-state index contributed by atoms with van der Waals surface area (Å²) in [6, 6.07) is 4.83. The van der Waals surface area contributed by atoms with Gasteiger partial charge in [-0.3, -0.25) is 4.79 Å². The average Bonchev–Trinajstić information content (AvgIpc) is 3.24. The van der Waals surface area contributed by atoms with Gasteiger partial charge >= 0.3 is 0 Å². The van der Waals surface area contributed by atoms with Crippen LogP contribution < -0.4 is 10.2 Å². The fraction of sp³-hybridized carbons (Fsp3) is 0.571. The zero-order chi connectivity index (χ0) is 13.2. The molecule has 19 heavy (non-hydrogen) atoms. The predicted octanol–water partition coefficient (Wildman–Crippen LogP) is 0.612. The normalized spacial score (nSPS) is 19.9. The van der Waals surface area contributed by atoms with Gasteiger partial charge in [-0.05, 0) is 24.5 Å². The molecule has 0 aromatic carbocycles. The van der Waals surface area contributed by atoms with Crippen molar-refractivity contribution in [3.63, 3.8) is 0 Å². The highest BCUT2D eigenvalue weighted by Crippen LogP contribution is 2.19. The highest BCUT2D eigenvalue weighted by atomic mass is 16.2. The standard InChI is InChI=1S/C14H20N4O/c1-17-6-7-18(10-14(17)19)13-5-2-11(9-16-13)8-15-12-3-4-12/h2,5,9,12,15H,3-4,6-8,10H2,1H3. The molecule has 1 aromatic rings. The van der Waals surface area contributed by atoms with Crippen LogP contribution in [0, 0.1) is 0 Å². The summed E-state index contributed by atoms with van der Waals surface area (Å²) in [5.74, 6) is 1.06. The van der Waals surface area contributed by atoms with Crippen molar-refractivity contribution in [3.8, 4) is 0 Å². The van der Waals surface area contributed by atoms with E-state index in [1.807, 2.05) is 24.2 Å². The van der Waals surface area contributed by atoms with E-state index in [1.54, 1.807) is 4.90 Å². The molecular weight excluding hydrogens is 240 g/mol. The van der Waals surface area contributed by atoms with Crippen molar-refractivity contribution >= 4 is 11.7 Å². The molecule has 102 valence electrons. The maximum Gasteiger partial charge on any atom is 0.241 e. The molecule has 3 rings (SSSR count). The summed E-state index contributed by atoms with van der Waals surface area (Å²) in [6.07, 6.45) is 4.51. The number of anilines is 1. The maximum atomic E-state index is 11.7. The van der Waals surface area contributed by atoms with Crippen molar-refractivity contribution in [2.45, 2.75) is 25.4 Å². The van der Waals surface area contributed by atoms with Crippen LogP contribution in [0.3, 0.4) is 0 Å². The number of piperazine rings is 1. The molecule has 0 unspecified atom stereocenters. The summed E-state index contributed by atoms with van der Waals surface area (Å²) in [7, 11) is 1.85. The Morgan fingerprint density at radius 3 is 2.84 bits per heavy atom. The highest BCUT2D eigenvalue weighted by Gasteiger charge is 2.22. The Kier molecular flexibility index (Phi) is 3.38. The lowest BCUT2D eigenvalue weighted by Gasteiger charge is -2.32. The molecule has 2 aliphatic rings. The van der Waals surface area contributed by atoms with Crippen molar-refractivity contribution in [2.75, 3.05) is 31.6 Å². The van der Waals surface area contributed by atoms with Crippen molar-refractivity contribution in [2.24, 2.45) is 0 Å². The van der Waals surface area contributed by atoms with Gasteiger partial charge in [0.25, 0.3) is 0 Å². The molecular formula is C14H20N4O. The van der Waals surface area contributed by atoms with Gasteiger partial charge in [-0.2, -0.15) is 0 Å². The van der Waals surface area contributed by atoms with Crippen LogP contribution in [-0.2, 0) is 11.3 Å². The van der Waals surface area contributed by atoms with Gasteiger partial charge in [-0.1, -0.05) is 6.07 Å². The molecule has 1 saturated carbocycles. The Balaban J connectivity index is 1.59. The van der Waals surface area contributed by atoms with Crippen molar-refractivity contribution < 1.29 is 4.79 Å². The molecule has 0 radical (unpaired) electrons. The Morgan fingerprint density at radius 1 is 1.37 bits per heavy atom. The number of carbonyl (C=O) groups excluding carboxylic acids is 1. The quantitative estimate of drug-likeness (QED) is 0.862. The number of pyridine rings is 1. The van der Waals surface area contributed by atoms with Crippen LogP contribution in [0.4, 0.5) is 5.82 Å². The first-order chi connectivity index (χ1) is 9.22. The van der Waals surface area contributed by atoms with Crippen LogP contribution in [0.5, 0.6) is 0 Å². The molecule has 1 N–H and O–H groups in total. The second-order valence-electron chi connectivity index (χ2n) is 5.42. The SMILES string of the molecule is CN1CCN(c2ccc(CNC3CC3)cn2)CC1=O. The lowest BCUT2D eigenvalue weighted by atomic mass is 10.2. The molecule has 1 saturated heterocycles. The van der Waals surface area contributed by atoms with E-state index in [-0.39, 0.29) is 5.91 Å². The minimum Gasteiger partial charge on any atom is -0.346 e. The van der Waals surface area contributed by atoms with E-state index in [1.165, 1.54) is 18.4 Å². The molecule has 0 atom stereocenters. The molecule has 1 amide bonds. The number of likely N-dealkylation sites (N-methyl/N-ethyl adjacent to an activating group) is 1. The van der Waals surface area contributed by atoms with Crippen LogP contribution in [0.2, 0.25) is 0 Å². The van der Waals surface area contributed by atoms with Crippen LogP contribution in [0.1, 0.15) is 18.4 Å². The third-order valence-corrected chi connectivity index (χ3v) is 3.76. The van der Waals surface area contributed by atoms with E-state index in [0.717, 1.165) is 31.5 Å². The predicted molar refractivity (Wildman–Crippen MR) is 73.9 cm³/mol. The smallest absolute Gasteiger partial charge is 0.241 e. The summed E-state index contributed by atoms with van der Waals surface area (Å²) in [4.78, 5) is 20.0. The molecule has 0 bridgehead atoms. The summed E-state index contributed by atoms with van der Waals surface area (Å²) in [6.45, 7) is 2.95. The minimum atomic E-state index is 0.160. The second-order valence-corrected chi connectivity index (χ2v) is 5.42. The van der Waals surface area contributed by atoms with E-state index in [9.17, 15) is 4.79 Å². The number of hydrogen-bond donors (Lipinski definition) is 1. The second kappa shape index (κ2) is 5.17. The van der Waals surface area contributed by atoms with Gasteiger partial charge in [0.2, 0.25) is 5.91 Å². The number of amides is 1. The number of nitrogens with zero attached hydrogens (tertiary/aromatic N) is 3. The van der Waals surface area contributed by atoms with Gasteiger partial charge < -0.3 is 15.1 Å². The van der Waals surface area contributed by atoms with Gasteiger partial charge in [0.15, 0.2) is 0 Å². The number of rotatable bonds is 4. The van der Waals surface area contributed by atoms with Gasteiger partial charge in [-0.25, -0.2) is 4.98 Å². The number of hydrogen-bond acceptors (Lipinski definition) is 4. The minimum absolute atomic E-state index is 0.160. The van der Waals surface area contributed by atoms with E-state index in [4.69, 9.17) is 0 Å². The van der Waals surface area contributed by atoms with E-state index in [2.05, 4.69) is 16.4 Å². The van der Waals surface area contributed by atoms with Gasteiger partial charge in [0.05, 0.1) is 6.54 Å². The maximum absolute atomic E-state index is 11.7. The monoisotopic (exact) mass is 260 g/mol. The molecule has 5 nitrogen and oxygen atoms in total. The first-order valence-electron chi connectivity index (χ1n) is 6.89. The highest BCUT2D eigenvalue weighted by molar-refractivity contribution is 5.82. The topological polar surface area (TPSA) is 48.5 Å². The zero-order valence-electron chi connectivity index (χ0n) is 11.3. The lowest BCUT2D eigenvalue weighted by Crippen LogP contribution is -2.48. The summed E-state index contributed by atoms with van der Waals surface area (Å²) < 4.78 is 0. The number of nitrogens with one attached hydrogen (secondary N) is 1. The Bertz CT molecular complexity index is 455. The van der Waals surface area contributed by atoms with E-state index in [0.29, 0.717) is 6.54 Å². The van der Waals surface area contributed by atoms with Crippen LogP contribution in [-0.4, -0.2) is 48.5 Å². The third-order valence-electron chi connectivity index (χ3n) is 3.76. The Labute approximate surface area is 113 Å². The summed E-state index contributed by atoms with van der Waals surface area (Å²) in [5.41, 5.74) is 1.20. The summed E-state index contributed by atoms with van der Waals surface area (Å²) >= 11 is 0. The van der Waals surface area contributed by atoms with Crippen molar-refractivity contribution in [1.29, 1.82) is 0 Å². The van der Waals surface area contributed by atoms with Gasteiger partial charge in [0.1, 0.15) is 5.82 Å². The van der Waals surface area contributed by atoms with Crippen LogP contribution in [0.25, 0.3) is 0 Å². The lowest BCUT2D eigenvalue weighted by molar-refractivity contribution is -0.129. The molecule has 2 fully saturated rings. The van der Waals surface area contributed by atoms with Crippen LogP contribution in [0.15, 0.2) is 18.3 Å². The number of aromatic nitrogens is 1. The van der Waals surface area contributed by atoms with Crippen molar-refractivity contribution in [3.05, 3.63) is 23.9 Å². The van der Waals surface area contributed by atoms with E-state index >= 15 is 0 Å². The van der Waals surface area contributed by atoms with Crippen molar-refractivity contribution in [1.82, 2.24) is 15.2 Å². The first kappa shape index (κ1) is 12.4. The van der Waals surface area contributed by atoms with Gasteiger partial charge in [0, 0.05) is 38.9 Å². The third kappa shape index (κ3) is 3.04. The fourth-order valence-corrected chi connectivity index (χ4v) is 2.21. The first-order valence-corrected chi connectivity index (χ1v) is 6.89.